The average molecular weight is 272 g/mol. The maximum atomic E-state index is 12.4. The molecule has 20 heavy (non-hydrogen) atoms. The van der Waals surface area contributed by atoms with E-state index in [1.807, 2.05) is 6.07 Å². The lowest BCUT2D eigenvalue weighted by atomic mass is 9.73. The fourth-order valence-corrected chi connectivity index (χ4v) is 2.94. The summed E-state index contributed by atoms with van der Waals surface area (Å²) in [4.78, 5) is 23.7. The van der Waals surface area contributed by atoms with Crippen molar-refractivity contribution >= 4 is 17.1 Å². The van der Waals surface area contributed by atoms with E-state index in [1.165, 1.54) is 12.8 Å². The van der Waals surface area contributed by atoms with Gasteiger partial charge in [-0.3, -0.25) is 4.79 Å². The van der Waals surface area contributed by atoms with Gasteiger partial charge in [-0.05, 0) is 30.4 Å². The molecule has 1 amide bonds. The Morgan fingerprint density at radius 1 is 1.40 bits per heavy atom. The summed E-state index contributed by atoms with van der Waals surface area (Å²) in [5.74, 6) is -0.102. The van der Waals surface area contributed by atoms with Gasteiger partial charge in [-0.2, -0.15) is 0 Å². The monoisotopic (exact) mass is 272 g/mol. The van der Waals surface area contributed by atoms with Gasteiger partial charge in [0.15, 0.2) is 5.65 Å². The first-order chi connectivity index (χ1) is 9.56. The number of aromatic amines is 1. The van der Waals surface area contributed by atoms with E-state index in [4.69, 9.17) is 0 Å². The number of nitrogens with one attached hydrogen (secondary N) is 2. The molecule has 2 aromatic rings. The van der Waals surface area contributed by atoms with Crippen molar-refractivity contribution in [1.29, 1.82) is 0 Å². The number of hydrogen-bond donors (Lipinski definition) is 2. The summed E-state index contributed by atoms with van der Waals surface area (Å²) < 4.78 is 0. The zero-order valence-electron chi connectivity index (χ0n) is 11.9. The molecular weight excluding hydrogens is 252 g/mol. The van der Waals surface area contributed by atoms with Crippen molar-refractivity contribution in [1.82, 2.24) is 20.3 Å². The quantitative estimate of drug-likeness (QED) is 0.883. The van der Waals surface area contributed by atoms with Crippen molar-refractivity contribution in [3.63, 3.8) is 0 Å². The second-order valence-electron chi connectivity index (χ2n) is 6.23. The third-order valence-electron chi connectivity index (χ3n) is 4.33. The fraction of sp³-hybridized carbons (Fsp3) is 0.533. The molecule has 2 aromatic heterocycles. The Kier molecular flexibility index (Phi) is 3.20. The third kappa shape index (κ3) is 2.40. The number of aromatic nitrogens is 3. The van der Waals surface area contributed by atoms with Crippen LogP contribution in [-0.2, 0) is 0 Å². The summed E-state index contributed by atoms with van der Waals surface area (Å²) in [5, 5.41) is 3.14. The van der Waals surface area contributed by atoms with E-state index in [0.717, 1.165) is 18.4 Å². The van der Waals surface area contributed by atoms with Gasteiger partial charge in [0.2, 0.25) is 0 Å². The first-order valence-corrected chi connectivity index (χ1v) is 7.17. The van der Waals surface area contributed by atoms with Crippen molar-refractivity contribution in [3.05, 3.63) is 24.2 Å². The molecular formula is C15H20N4O. The Hall–Kier alpha value is -1.91. The van der Waals surface area contributed by atoms with E-state index in [0.29, 0.717) is 11.3 Å². The minimum atomic E-state index is -0.102. The number of amides is 1. The number of carbonyl (C=O) groups is 1. The van der Waals surface area contributed by atoms with Gasteiger partial charge in [-0.15, -0.1) is 0 Å². The second-order valence-corrected chi connectivity index (χ2v) is 6.23. The van der Waals surface area contributed by atoms with Gasteiger partial charge in [0.05, 0.1) is 11.8 Å². The van der Waals surface area contributed by atoms with Crippen LogP contribution >= 0.6 is 0 Å². The number of fused-ring (bicyclic) bond motifs is 1. The summed E-state index contributed by atoms with van der Waals surface area (Å²) in [6.07, 6.45) is 6.22. The van der Waals surface area contributed by atoms with Gasteiger partial charge >= 0.3 is 0 Å². The van der Waals surface area contributed by atoms with Crippen molar-refractivity contribution in [3.8, 4) is 0 Å². The predicted octanol–water partition coefficient (Wildman–Crippen LogP) is 2.66. The van der Waals surface area contributed by atoms with E-state index < -0.39 is 0 Å². The van der Waals surface area contributed by atoms with Crippen LogP contribution in [-0.4, -0.2) is 26.9 Å². The molecule has 0 spiro atoms. The molecule has 3 rings (SSSR count). The number of nitrogens with zero attached hydrogens (tertiary/aromatic N) is 2. The summed E-state index contributed by atoms with van der Waals surface area (Å²) in [6, 6.07) is 3.81. The van der Waals surface area contributed by atoms with Crippen LogP contribution in [0.25, 0.3) is 11.2 Å². The van der Waals surface area contributed by atoms with Gasteiger partial charge in [0, 0.05) is 6.04 Å². The van der Waals surface area contributed by atoms with Crippen molar-refractivity contribution < 1.29 is 4.79 Å². The number of rotatable bonds is 2. The van der Waals surface area contributed by atoms with E-state index in [9.17, 15) is 4.79 Å². The predicted molar refractivity (Wildman–Crippen MR) is 77.4 cm³/mol. The fourth-order valence-electron chi connectivity index (χ4n) is 2.94. The van der Waals surface area contributed by atoms with Gasteiger partial charge in [0.25, 0.3) is 5.91 Å². The zero-order valence-corrected chi connectivity index (χ0v) is 11.9. The normalized spacial score (nSPS) is 21.8. The van der Waals surface area contributed by atoms with Crippen LogP contribution in [0.4, 0.5) is 0 Å². The molecule has 106 valence electrons. The van der Waals surface area contributed by atoms with Crippen molar-refractivity contribution in [2.75, 3.05) is 0 Å². The summed E-state index contributed by atoms with van der Waals surface area (Å²) >= 11 is 0. The number of carbonyl (C=O) groups excluding carboxylic acids is 1. The molecule has 0 aromatic carbocycles. The van der Waals surface area contributed by atoms with E-state index in [-0.39, 0.29) is 17.4 Å². The molecule has 5 heteroatoms. The SMILES string of the molecule is CC1(C)CCCCC1NC(=O)c1ccc2[nH]cnc2n1. The highest BCUT2D eigenvalue weighted by Crippen LogP contribution is 2.35. The zero-order chi connectivity index (χ0) is 14.2. The standard InChI is InChI=1S/C15H20N4O/c1-15(2)8-4-3-5-12(15)19-14(20)11-7-6-10-13(18-11)17-9-16-10/h6-7,9,12H,3-5,8H2,1-2H3,(H,19,20)(H,16,17,18). The highest BCUT2D eigenvalue weighted by Gasteiger charge is 2.33. The average Bonchev–Trinajstić information content (AvgIpc) is 2.88. The van der Waals surface area contributed by atoms with Crippen molar-refractivity contribution in [2.24, 2.45) is 5.41 Å². The molecule has 1 aliphatic carbocycles. The molecule has 1 atom stereocenters. The number of H-pyrrole nitrogens is 1. The van der Waals surface area contributed by atoms with Crippen LogP contribution < -0.4 is 5.32 Å². The summed E-state index contributed by atoms with van der Waals surface area (Å²) in [6.45, 7) is 4.45. The minimum absolute atomic E-state index is 0.102. The molecule has 1 fully saturated rings. The van der Waals surface area contributed by atoms with Gasteiger partial charge in [-0.25, -0.2) is 9.97 Å². The summed E-state index contributed by atoms with van der Waals surface area (Å²) in [5.41, 5.74) is 2.02. The maximum absolute atomic E-state index is 12.4. The van der Waals surface area contributed by atoms with Crippen LogP contribution in [0.1, 0.15) is 50.0 Å². The van der Waals surface area contributed by atoms with Crippen molar-refractivity contribution in [2.45, 2.75) is 45.6 Å². The van der Waals surface area contributed by atoms with Gasteiger partial charge in [-0.1, -0.05) is 26.7 Å². The molecule has 1 aliphatic rings. The second kappa shape index (κ2) is 4.89. The molecule has 0 radical (unpaired) electrons. The van der Waals surface area contributed by atoms with E-state index in [1.54, 1.807) is 12.4 Å². The number of imidazole rings is 1. The van der Waals surface area contributed by atoms with E-state index in [2.05, 4.69) is 34.1 Å². The van der Waals surface area contributed by atoms with Crippen LogP contribution in [0.3, 0.4) is 0 Å². The Balaban J connectivity index is 1.78. The first kappa shape index (κ1) is 13.1. The molecule has 0 saturated heterocycles. The molecule has 2 heterocycles. The number of hydrogen-bond acceptors (Lipinski definition) is 3. The Morgan fingerprint density at radius 3 is 3.05 bits per heavy atom. The minimum Gasteiger partial charge on any atom is -0.347 e. The van der Waals surface area contributed by atoms with Gasteiger partial charge < -0.3 is 10.3 Å². The highest BCUT2D eigenvalue weighted by molar-refractivity contribution is 5.94. The summed E-state index contributed by atoms with van der Waals surface area (Å²) in [7, 11) is 0. The lowest BCUT2D eigenvalue weighted by Crippen LogP contribution is -2.47. The Labute approximate surface area is 118 Å². The third-order valence-corrected chi connectivity index (χ3v) is 4.33. The topological polar surface area (TPSA) is 70.7 Å². The largest absolute Gasteiger partial charge is 0.347 e. The molecule has 0 bridgehead atoms. The van der Waals surface area contributed by atoms with Crippen LogP contribution in [0.15, 0.2) is 18.5 Å². The first-order valence-electron chi connectivity index (χ1n) is 7.17. The Morgan fingerprint density at radius 2 is 2.25 bits per heavy atom. The molecule has 1 unspecified atom stereocenters. The number of pyridine rings is 1. The smallest absolute Gasteiger partial charge is 0.270 e. The highest BCUT2D eigenvalue weighted by atomic mass is 16.1. The molecule has 1 saturated carbocycles. The maximum Gasteiger partial charge on any atom is 0.270 e. The van der Waals surface area contributed by atoms with Crippen LogP contribution in [0.5, 0.6) is 0 Å². The molecule has 2 N–H and O–H groups in total. The lowest BCUT2D eigenvalue weighted by molar-refractivity contribution is 0.0849. The van der Waals surface area contributed by atoms with E-state index >= 15 is 0 Å². The Bertz CT molecular complexity index is 632. The van der Waals surface area contributed by atoms with Crippen LogP contribution in [0.2, 0.25) is 0 Å². The molecule has 5 nitrogen and oxygen atoms in total. The van der Waals surface area contributed by atoms with Gasteiger partial charge in [0.1, 0.15) is 5.69 Å². The lowest BCUT2D eigenvalue weighted by Gasteiger charge is -2.38. The molecule has 0 aliphatic heterocycles. The van der Waals surface area contributed by atoms with Crippen LogP contribution in [0, 0.1) is 5.41 Å².